The topological polar surface area (TPSA) is 48.8 Å². The average Bonchev–Trinajstić information content (AvgIpc) is 2.55. The van der Waals surface area contributed by atoms with Crippen LogP contribution < -0.4 is 0 Å². The first-order chi connectivity index (χ1) is 10.3. The van der Waals surface area contributed by atoms with Crippen LogP contribution in [-0.4, -0.2) is 0 Å². The normalized spacial score (nSPS) is 10.1. The quantitative estimate of drug-likeness (QED) is 0.329. The van der Waals surface area contributed by atoms with E-state index in [4.69, 9.17) is 5.53 Å². The summed E-state index contributed by atoms with van der Waals surface area (Å²) in [5.41, 5.74) is 12.1. The van der Waals surface area contributed by atoms with Gasteiger partial charge in [-0.2, -0.15) is 0 Å². The summed E-state index contributed by atoms with van der Waals surface area (Å²) in [7, 11) is 0. The van der Waals surface area contributed by atoms with Crippen molar-refractivity contribution in [3.63, 3.8) is 0 Å². The van der Waals surface area contributed by atoms with Gasteiger partial charge in [-0.15, -0.1) is 0 Å². The molecule has 0 unspecified atom stereocenters. The molecule has 3 nitrogen and oxygen atoms in total. The predicted octanol–water partition coefficient (Wildman–Crippen LogP) is 5.79. The number of benzene rings is 3. The molecule has 3 heteroatoms. The van der Waals surface area contributed by atoms with Crippen LogP contribution in [0.4, 0.5) is 0 Å². The molecular weight excluding hydrogens is 258 g/mol. The number of fused-ring (bicyclic) bond motifs is 1. The fourth-order valence-corrected chi connectivity index (χ4v) is 2.54. The van der Waals surface area contributed by atoms with E-state index in [1.54, 1.807) is 0 Å². The molecule has 3 aromatic carbocycles. The summed E-state index contributed by atoms with van der Waals surface area (Å²) in [5, 5.41) is 5.94. The molecule has 0 heterocycles. The Hall–Kier alpha value is -3.03. The van der Waals surface area contributed by atoms with Crippen LogP contribution in [0.2, 0.25) is 0 Å². The Morgan fingerprint density at radius 2 is 1.62 bits per heavy atom. The van der Waals surface area contributed by atoms with Gasteiger partial charge in [0.15, 0.2) is 0 Å². The maximum absolute atomic E-state index is 8.67. The fourth-order valence-electron chi connectivity index (χ4n) is 2.54. The standard InChI is InChI=1S/C18H13N3/c1-13(20-21-19)16-12-11-14-7-5-6-10-17(14)18(16)15-8-3-2-4-9-15/h2-12H,1H2. The Morgan fingerprint density at radius 3 is 2.38 bits per heavy atom. The zero-order valence-corrected chi connectivity index (χ0v) is 11.4. The van der Waals surface area contributed by atoms with E-state index in [0.717, 1.165) is 27.5 Å². The van der Waals surface area contributed by atoms with Gasteiger partial charge in [0, 0.05) is 10.6 Å². The highest BCUT2D eigenvalue weighted by molar-refractivity contribution is 6.01. The van der Waals surface area contributed by atoms with E-state index in [9.17, 15) is 0 Å². The van der Waals surface area contributed by atoms with Gasteiger partial charge in [-0.1, -0.05) is 78.4 Å². The average molecular weight is 271 g/mol. The first kappa shape index (κ1) is 13.0. The summed E-state index contributed by atoms with van der Waals surface area (Å²) < 4.78 is 0. The van der Waals surface area contributed by atoms with Gasteiger partial charge in [-0.25, -0.2) is 0 Å². The highest BCUT2D eigenvalue weighted by Gasteiger charge is 2.11. The first-order valence-corrected chi connectivity index (χ1v) is 6.63. The molecule has 3 aromatic rings. The Labute approximate surface area is 122 Å². The molecule has 0 aliphatic rings. The molecule has 0 aromatic heterocycles. The van der Waals surface area contributed by atoms with Crippen molar-refractivity contribution >= 4 is 16.5 Å². The largest absolute Gasteiger partial charge is 0.0889 e. The van der Waals surface area contributed by atoms with Gasteiger partial charge in [0.1, 0.15) is 0 Å². The van der Waals surface area contributed by atoms with Crippen molar-refractivity contribution in [3.05, 3.63) is 89.3 Å². The minimum atomic E-state index is 0.433. The van der Waals surface area contributed by atoms with E-state index in [0.29, 0.717) is 5.70 Å². The molecule has 0 spiro atoms. The van der Waals surface area contributed by atoms with E-state index in [2.05, 4.69) is 40.9 Å². The van der Waals surface area contributed by atoms with Gasteiger partial charge in [0.05, 0.1) is 0 Å². The van der Waals surface area contributed by atoms with Gasteiger partial charge >= 0.3 is 0 Å². The molecule has 0 saturated heterocycles. The molecule has 0 amide bonds. The highest BCUT2D eigenvalue weighted by atomic mass is 15.1. The molecule has 3 rings (SSSR count). The second-order valence-electron chi connectivity index (χ2n) is 4.71. The third kappa shape index (κ3) is 2.38. The van der Waals surface area contributed by atoms with E-state index in [-0.39, 0.29) is 0 Å². The molecule has 0 bridgehead atoms. The van der Waals surface area contributed by atoms with Crippen molar-refractivity contribution in [1.29, 1.82) is 0 Å². The molecule has 0 N–H and O–H groups in total. The molecule has 0 aliphatic heterocycles. The Kier molecular flexibility index (Phi) is 3.42. The van der Waals surface area contributed by atoms with Crippen LogP contribution in [0, 0.1) is 0 Å². The SMILES string of the molecule is C=C(N=[N+]=[N-])c1ccc2ccccc2c1-c1ccccc1. The molecule has 0 aliphatic carbocycles. The van der Waals surface area contributed by atoms with Gasteiger partial charge < -0.3 is 0 Å². The lowest BCUT2D eigenvalue weighted by atomic mass is 9.92. The second-order valence-corrected chi connectivity index (χ2v) is 4.71. The maximum atomic E-state index is 8.67. The van der Waals surface area contributed by atoms with Crippen molar-refractivity contribution in [2.45, 2.75) is 0 Å². The maximum Gasteiger partial charge on any atom is 0.0382 e. The van der Waals surface area contributed by atoms with Crippen LogP contribution in [0.5, 0.6) is 0 Å². The number of azide groups is 1. The van der Waals surface area contributed by atoms with Crippen LogP contribution in [0.15, 0.2) is 78.4 Å². The Bertz CT molecular complexity index is 860. The molecular formula is C18H13N3. The predicted molar refractivity (Wildman–Crippen MR) is 87.6 cm³/mol. The van der Waals surface area contributed by atoms with Gasteiger partial charge in [0.25, 0.3) is 0 Å². The van der Waals surface area contributed by atoms with Crippen molar-refractivity contribution in [2.24, 2.45) is 5.11 Å². The van der Waals surface area contributed by atoms with Crippen molar-refractivity contribution in [1.82, 2.24) is 0 Å². The van der Waals surface area contributed by atoms with Crippen LogP contribution >= 0.6 is 0 Å². The molecule has 0 atom stereocenters. The summed E-state index contributed by atoms with van der Waals surface area (Å²) in [4.78, 5) is 2.85. The molecule has 0 fully saturated rings. The zero-order valence-electron chi connectivity index (χ0n) is 11.4. The summed E-state index contributed by atoms with van der Waals surface area (Å²) in [6.45, 7) is 3.89. The minimum Gasteiger partial charge on any atom is -0.0889 e. The number of hydrogen-bond donors (Lipinski definition) is 0. The molecule has 21 heavy (non-hydrogen) atoms. The molecule has 100 valence electrons. The lowest BCUT2D eigenvalue weighted by molar-refractivity contribution is 1.49. The molecule has 0 saturated carbocycles. The lowest BCUT2D eigenvalue weighted by Crippen LogP contribution is -1.89. The number of rotatable bonds is 3. The lowest BCUT2D eigenvalue weighted by Gasteiger charge is -2.13. The highest BCUT2D eigenvalue weighted by Crippen LogP contribution is 2.35. The van der Waals surface area contributed by atoms with E-state index in [1.165, 1.54) is 0 Å². The van der Waals surface area contributed by atoms with Gasteiger partial charge in [-0.3, -0.25) is 0 Å². The van der Waals surface area contributed by atoms with Crippen LogP contribution in [-0.2, 0) is 0 Å². The van der Waals surface area contributed by atoms with Crippen molar-refractivity contribution < 1.29 is 0 Å². The third-order valence-electron chi connectivity index (χ3n) is 3.47. The minimum absolute atomic E-state index is 0.433. The fraction of sp³-hybridized carbons (Fsp3) is 0. The van der Waals surface area contributed by atoms with Crippen LogP contribution in [0.1, 0.15) is 5.56 Å². The van der Waals surface area contributed by atoms with E-state index >= 15 is 0 Å². The van der Waals surface area contributed by atoms with E-state index < -0.39 is 0 Å². The smallest absolute Gasteiger partial charge is 0.0382 e. The van der Waals surface area contributed by atoms with Gasteiger partial charge in [-0.05, 0) is 33.0 Å². The molecule has 0 radical (unpaired) electrons. The van der Waals surface area contributed by atoms with Crippen molar-refractivity contribution in [2.75, 3.05) is 0 Å². The third-order valence-corrected chi connectivity index (χ3v) is 3.47. The van der Waals surface area contributed by atoms with Crippen molar-refractivity contribution in [3.8, 4) is 11.1 Å². The monoisotopic (exact) mass is 271 g/mol. The summed E-state index contributed by atoms with van der Waals surface area (Å²) >= 11 is 0. The summed E-state index contributed by atoms with van der Waals surface area (Å²) in [6, 6.07) is 22.2. The first-order valence-electron chi connectivity index (χ1n) is 6.63. The number of hydrogen-bond acceptors (Lipinski definition) is 1. The summed E-state index contributed by atoms with van der Waals surface area (Å²) in [6.07, 6.45) is 0. The Morgan fingerprint density at radius 1 is 0.905 bits per heavy atom. The van der Waals surface area contributed by atoms with Crippen LogP contribution in [0.3, 0.4) is 0 Å². The van der Waals surface area contributed by atoms with E-state index in [1.807, 2.05) is 42.5 Å². The Balaban J connectivity index is 2.38. The number of nitrogens with zero attached hydrogens (tertiary/aromatic N) is 3. The van der Waals surface area contributed by atoms with Gasteiger partial charge in [0.2, 0.25) is 0 Å². The second kappa shape index (κ2) is 5.53. The van der Waals surface area contributed by atoms with Crippen LogP contribution in [0.25, 0.3) is 38.0 Å². The summed E-state index contributed by atoms with van der Waals surface area (Å²) in [5.74, 6) is 0. The zero-order chi connectivity index (χ0) is 14.7.